The van der Waals surface area contributed by atoms with Crippen LogP contribution in [0, 0.1) is 0 Å². The standard InChI is InChI=1S/C8H13NO/c9-6-8(10)7-4-2-1-3-5-7/h2,4-5,8,10H,1,3,6,9H2. The molecule has 0 aromatic carbocycles. The zero-order chi connectivity index (χ0) is 7.40. The third-order valence-electron chi connectivity index (χ3n) is 1.63. The van der Waals surface area contributed by atoms with Gasteiger partial charge in [0.15, 0.2) is 0 Å². The van der Waals surface area contributed by atoms with Crippen LogP contribution >= 0.6 is 0 Å². The van der Waals surface area contributed by atoms with Gasteiger partial charge in [0.05, 0.1) is 6.10 Å². The van der Waals surface area contributed by atoms with Gasteiger partial charge in [0, 0.05) is 6.54 Å². The molecule has 0 aromatic heterocycles. The minimum Gasteiger partial charge on any atom is -0.387 e. The Kier molecular flexibility index (Phi) is 2.66. The van der Waals surface area contributed by atoms with Gasteiger partial charge < -0.3 is 10.8 Å². The van der Waals surface area contributed by atoms with Gasteiger partial charge in [-0.3, -0.25) is 0 Å². The third-order valence-corrected chi connectivity index (χ3v) is 1.63. The van der Waals surface area contributed by atoms with Gasteiger partial charge in [-0.2, -0.15) is 0 Å². The summed E-state index contributed by atoms with van der Waals surface area (Å²) in [7, 11) is 0. The van der Waals surface area contributed by atoms with Crippen molar-refractivity contribution in [1.82, 2.24) is 0 Å². The van der Waals surface area contributed by atoms with Crippen molar-refractivity contribution in [2.45, 2.75) is 18.9 Å². The van der Waals surface area contributed by atoms with E-state index >= 15 is 0 Å². The van der Waals surface area contributed by atoms with Crippen LogP contribution < -0.4 is 5.73 Å². The Balaban J connectivity index is 2.54. The quantitative estimate of drug-likeness (QED) is 0.588. The molecule has 0 radical (unpaired) electrons. The molecule has 0 fully saturated rings. The maximum atomic E-state index is 9.24. The van der Waals surface area contributed by atoms with Crippen LogP contribution in [-0.4, -0.2) is 17.8 Å². The van der Waals surface area contributed by atoms with E-state index in [-0.39, 0.29) is 0 Å². The molecule has 0 saturated heterocycles. The molecule has 1 unspecified atom stereocenters. The second-order valence-electron chi connectivity index (χ2n) is 2.44. The summed E-state index contributed by atoms with van der Waals surface area (Å²) >= 11 is 0. The average molecular weight is 139 g/mol. The molecule has 10 heavy (non-hydrogen) atoms. The van der Waals surface area contributed by atoms with E-state index in [1.165, 1.54) is 0 Å². The van der Waals surface area contributed by atoms with Crippen molar-refractivity contribution in [2.24, 2.45) is 5.73 Å². The zero-order valence-corrected chi connectivity index (χ0v) is 5.96. The Morgan fingerprint density at radius 1 is 1.60 bits per heavy atom. The molecule has 0 heterocycles. The van der Waals surface area contributed by atoms with Crippen LogP contribution in [-0.2, 0) is 0 Å². The highest BCUT2D eigenvalue weighted by Gasteiger charge is 2.06. The summed E-state index contributed by atoms with van der Waals surface area (Å²) in [5.41, 5.74) is 6.24. The fourth-order valence-electron chi connectivity index (χ4n) is 1.02. The first-order valence-electron chi connectivity index (χ1n) is 3.59. The number of hydrogen-bond donors (Lipinski definition) is 2. The summed E-state index contributed by atoms with van der Waals surface area (Å²) in [6, 6.07) is 0. The zero-order valence-electron chi connectivity index (χ0n) is 5.96. The molecule has 0 aromatic rings. The molecule has 1 atom stereocenters. The molecule has 2 heteroatoms. The Labute approximate surface area is 61.0 Å². The van der Waals surface area contributed by atoms with E-state index in [4.69, 9.17) is 5.73 Å². The number of allylic oxidation sites excluding steroid dienone is 2. The number of aliphatic hydroxyl groups excluding tert-OH is 1. The molecule has 1 rings (SSSR count). The highest BCUT2D eigenvalue weighted by Crippen LogP contribution is 2.12. The summed E-state index contributed by atoms with van der Waals surface area (Å²) in [6.07, 6.45) is 7.70. The Morgan fingerprint density at radius 3 is 2.90 bits per heavy atom. The Bertz CT molecular complexity index is 161. The lowest BCUT2D eigenvalue weighted by atomic mass is 10.0. The van der Waals surface area contributed by atoms with E-state index in [0.29, 0.717) is 6.54 Å². The fraction of sp³-hybridized carbons (Fsp3) is 0.500. The van der Waals surface area contributed by atoms with E-state index in [2.05, 4.69) is 6.08 Å². The summed E-state index contributed by atoms with van der Waals surface area (Å²) in [5.74, 6) is 0. The topological polar surface area (TPSA) is 46.2 Å². The lowest BCUT2D eigenvalue weighted by molar-refractivity contribution is 0.222. The first kappa shape index (κ1) is 7.51. The maximum Gasteiger partial charge on any atom is 0.0909 e. The molecule has 56 valence electrons. The summed E-state index contributed by atoms with van der Waals surface area (Å²) < 4.78 is 0. The first-order valence-corrected chi connectivity index (χ1v) is 3.59. The lowest BCUT2D eigenvalue weighted by Gasteiger charge is -2.11. The van der Waals surface area contributed by atoms with Crippen LogP contribution in [0.3, 0.4) is 0 Å². The fourth-order valence-corrected chi connectivity index (χ4v) is 1.02. The van der Waals surface area contributed by atoms with Crippen molar-refractivity contribution in [1.29, 1.82) is 0 Å². The van der Waals surface area contributed by atoms with Crippen LogP contribution in [0.1, 0.15) is 12.8 Å². The normalized spacial score (nSPS) is 20.4. The second kappa shape index (κ2) is 3.54. The number of aliphatic hydroxyl groups is 1. The van der Waals surface area contributed by atoms with E-state index in [1.54, 1.807) is 0 Å². The van der Waals surface area contributed by atoms with Crippen molar-refractivity contribution >= 4 is 0 Å². The van der Waals surface area contributed by atoms with Gasteiger partial charge in [-0.15, -0.1) is 0 Å². The SMILES string of the molecule is NCC(O)C1=CCCC=C1. The summed E-state index contributed by atoms with van der Waals surface area (Å²) in [5, 5.41) is 9.24. The molecule has 0 bridgehead atoms. The Hall–Kier alpha value is -0.600. The number of rotatable bonds is 2. The number of hydrogen-bond acceptors (Lipinski definition) is 2. The van der Waals surface area contributed by atoms with Crippen LogP contribution in [0.15, 0.2) is 23.8 Å². The average Bonchev–Trinajstić information content (AvgIpc) is 2.05. The summed E-state index contributed by atoms with van der Waals surface area (Å²) in [4.78, 5) is 0. The smallest absolute Gasteiger partial charge is 0.0909 e. The van der Waals surface area contributed by atoms with Gasteiger partial charge in [-0.05, 0) is 18.4 Å². The van der Waals surface area contributed by atoms with Crippen LogP contribution in [0.25, 0.3) is 0 Å². The Morgan fingerprint density at radius 2 is 2.40 bits per heavy atom. The second-order valence-corrected chi connectivity index (χ2v) is 2.44. The lowest BCUT2D eigenvalue weighted by Crippen LogP contribution is -2.21. The van der Waals surface area contributed by atoms with Crippen molar-refractivity contribution < 1.29 is 5.11 Å². The molecular formula is C8H13NO. The summed E-state index contributed by atoms with van der Waals surface area (Å²) in [6.45, 7) is 0.316. The monoisotopic (exact) mass is 139 g/mol. The molecule has 0 amide bonds. The van der Waals surface area contributed by atoms with Crippen LogP contribution in [0.2, 0.25) is 0 Å². The molecule has 0 aliphatic heterocycles. The van der Waals surface area contributed by atoms with Gasteiger partial charge in [0.2, 0.25) is 0 Å². The van der Waals surface area contributed by atoms with E-state index in [1.807, 2.05) is 12.2 Å². The minimum absolute atomic E-state index is 0.316. The minimum atomic E-state index is -0.462. The van der Waals surface area contributed by atoms with Crippen molar-refractivity contribution in [3.63, 3.8) is 0 Å². The van der Waals surface area contributed by atoms with Crippen molar-refractivity contribution in [3.8, 4) is 0 Å². The molecule has 1 aliphatic rings. The molecule has 1 aliphatic carbocycles. The van der Waals surface area contributed by atoms with Crippen LogP contribution in [0.4, 0.5) is 0 Å². The van der Waals surface area contributed by atoms with Gasteiger partial charge in [0.1, 0.15) is 0 Å². The predicted octanol–water partition coefficient (Wildman–Crippen LogP) is 0.582. The predicted molar refractivity (Wildman–Crippen MR) is 41.5 cm³/mol. The molecule has 0 spiro atoms. The highest BCUT2D eigenvalue weighted by molar-refractivity contribution is 5.25. The molecular weight excluding hydrogens is 126 g/mol. The number of nitrogens with two attached hydrogens (primary N) is 1. The largest absolute Gasteiger partial charge is 0.387 e. The third kappa shape index (κ3) is 1.69. The van der Waals surface area contributed by atoms with Gasteiger partial charge in [-0.1, -0.05) is 18.2 Å². The van der Waals surface area contributed by atoms with Gasteiger partial charge in [0.25, 0.3) is 0 Å². The van der Waals surface area contributed by atoms with Crippen LogP contribution in [0.5, 0.6) is 0 Å². The van der Waals surface area contributed by atoms with Crippen molar-refractivity contribution in [3.05, 3.63) is 23.8 Å². The maximum absolute atomic E-state index is 9.24. The van der Waals surface area contributed by atoms with Crippen molar-refractivity contribution in [2.75, 3.05) is 6.54 Å². The van der Waals surface area contributed by atoms with E-state index in [9.17, 15) is 5.11 Å². The van der Waals surface area contributed by atoms with E-state index in [0.717, 1.165) is 18.4 Å². The van der Waals surface area contributed by atoms with E-state index < -0.39 is 6.10 Å². The highest BCUT2D eigenvalue weighted by atomic mass is 16.3. The molecule has 2 nitrogen and oxygen atoms in total. The van der Waals surface area contributed by atoms with Gasteiger partial charge >= 0.3 is 0 Å². The molecule has 3 N–H and O–H groups in total. The van der Waals surface area contributed by atoms with Gasteiger partial charge in [-0.25, -0.2) is 0 Å². The molecule has 0 saturated carbocycles. The first-order chi connectivity index (χ1) is 4.84.